The number of pyridine rings is 2. The normalized spacial score (nSPS) is 11.6. The summed E-state index contributed by atoms with van der Waals surface area (Å²) in [5.41, 5.74) is 2.33. The minimum absolute atomic E-state index is 0.0582. The van der Waals surface area contributed by atoms with E-state index in [1.807, 2.05) is 31.2 Å². The fourth-order valence-electron chi connectivity index (χ4n) is 3.06. The van der Waals surface area contributed by atoms with Crippen LogP contribution >= 0.6 is 0 Å². The lowest BCUT2D eigenvalue weighted by Crippen LogP contribution is -2.31. The summed E-state index contributed by atoms with van der Waals surface area (Å²) >= 11 is 0. The monoisotopic (exact) mass is 420 g/mol. The van der Waals surface area contributed by atoms with Crippen LogP contribution in [0.3, 0.4) is 0 Å². The second-order valence-electron chi connectivity index (χ2n) is 7.39. The Labute approximate surface area is 178 Å². The third-order valence-corrected chi connectivity index (χ3v) is 4.88. The molecule has 0 fully saturated rings. The van der Waals surface area contributed by atoms with Gasteiger partial charge in [-0.05, 0) is 56.2 Å². The lowest BCUT2D eigenvalue weighted by atomic mass is 10.1. The first-order valence-corrected chi connectivity index (χ1v) is 9.82. The molecule has 3 rings (SSSR count). The van der Waals surface area contributed by atoms with E-state index in [4.69, 9.17) is 0 Å². The molecule has 8 nitrogen and oxygen atoms in total. The molecule has 0 aliphatic carbocycles. The van der Waals surface area contributed by atoms with Gasteiger partial charge in [-0.3, -0.25) is 19.2 Å². The Morgan fingerprint density at radius 3 is 1.84 bits per heavy atom. The van der Waals surface area contributed by atoms with Crippen molar-refractivity contribution >= 4 is 11.8 Å². The van der Waals surface area contributed by atoms with E-state index in [2.05, 4.69) is 20.6 Å². The fraction of sp³-hybridized carbons (Fsp3) is 0.217. The van der Waals surface area contributed by atoms with Gasteiger partial charge in [0, 0.05) is 17.9 Å². The van der Waals surface area contributed by atoms with E-state index >= 15 is 0 Å². The van der Waals surface area contributed by atoms with Crippen molar-refractivity contribution in [3.8, 4) is 0 Å². The van der Waals surface area contributed by atoms with Gasteiger partial charge in [0.1, 0.15) is 11.1 Å². The van der Waals surface area contributed by atoms with Gasteiger partial charge in [-0.1, -0.05) is 24.3 Å². The number of carbonyl (C=O) groups excluding carboxylic acids is 2. The number of H-pyrrole nitrogens is 2. The van der Waals surface area contributed by atoms with Crippen LogP contribution in [-0.2, 0) is 6.54 Å². The predicted octanol–water partition coefficient (Wildman–Crippen LogP) is 2.10. The molecule has 2 aromatic heterocycles. The van der Waals surface area contributed by atoms with E-state index in [9.17, 15) is 19.2 Å². The van der Waals surface area contributed by atoms with Crippen LogP contribution in [0.4, 0.5) is 0 Å². The third kappa shape index (κ3) is 5.36. The van der Waals surface area contributed by atoms with Gasteiger partial charge in [0.2, 0.25) is 0 Å². The molecule has 1 unspecified atom stereocenters. The second-order valence-corrected chi connectivity index (χ2v) is 7.39. The maximum Gasteiger partial charge on any atom is 0.260 e. The van der Waals surface area contributed by atoms with Crippen LogP contribution in [0.2, 0.25) is 0 Å². The van der Waals surface area contributed by atoms with Gasteiger partial charge in [-0.15, -0.1) is 0 Å². The molecule has 1 aromatic carbocycles. The molecule has 0 saturated carbocycles. The second kappa shape index (κ2) is 9.25. The largest absolute Gasteiger partial charge is 0.348 e. The number of hydrogen-bond acceptors (Lipinski definition) is 4. The number of aromatic nitrogens is 2. The van der Waals surface area contributed by atoms with Crippen molar-refractivity contribution < 1.29 is 9.59 Å². The molecule has 3 aromatic rings. The highest BCUT2D eigenvalue weighted by Gasteiger charge is 2.15. The zero-order chi connectivity index (χ0) is 22.5. The molecular weight excluding hydrogens is 396 g/mol. The first kappa shape index (κ1) is 21.8. The third-order valence-electron chi connectivity index (χ3n) is 4.88. The summed E-state index contributed by atoms with van der Waals surface area (Å²) < 4.78 is 0. The summed E-state index contributed by atoms with van der Waals surface area (Å²) in [5, 5.41) is 5.53. The molecule has 2 amide bonds. The van der Waals surface area contributed by atoms with E-state index in [0.717, 1.165) is 11.1 Å². The van der Waals surface area contributed by atoms with Crippen molar-refractivity contribution in [1.29, 1.82) is 0 Å². The molecule has 4 N–H and O–H groups in total. The number of nitrogens with one attached hydrogen (secondary N) is 4. The first-order chi connectivity index (χ1) is 14.7. The number of aromatic amines is 2. The van der Waals surface area contributed by atoms with Gasteiger partial charge in [0.25, 0.3) is 22.9 Å². The standard InChI is InChI=1S/C23H24N4O4/c1-13-4-10-18(21(29)25-13)20(28)24-12-16-6-8-17(9-7-16)15(3)27-23(31)19-11-5-14(2)26-22(19)30/h4-11,15H,12H2,1-3H3,(H,24,28)(H,25,29)(H,26,30)(H,27,31). The summed E-state index contributed by atoms with van der Waals surface area (Å²) in [5.74, 6) is -0.900. The lowest BCUT2D eigenvalue weighted by molar-refractivity contribution is 0.0933. The average molecular weight is 420 g/mol. The number of rotatable bonds is 6. The Morgan fingerprint density at radius 1 is 0.806 bits per heavy atom. The molecule has 0 bridgehead atoms. The van der Waals surface area contributed by atoms with Gasteiger partial charge < -0.3 is 20.6 Å². The number of aryl methyl sites for hydroxylation is 2. The number of carbonyl (C=O) groups is 2. The van der Waals surface area contributed by atoms with Crippen molar-refractivity contribution in [2.45, 2.75) is 33.4 Å². The zero-order valence-electron chi connectivity index (χ0n) is 17.5. The first-order valence-electron chi connectivity index (χ1n) is 9.82. The maximum absolute atomic E-state index is 12.4. The average Bonchev–Trinajstić information content (AvgIpc) is 2.72. The van der Waals surface area contributed by atoms with Crippen LogP contribution < -0.4 is 21.8 Å². The highest BCUT2D eigenvalue weighted by molar-refractivity contribution is 5.94. The van der Waals surface area contributed by atoms with Crippen LogP contribution in [0.15, 0.2) is 58.1 Å². The Balaban J connectivity index is 1.60. The summed E-state index contributed by atoms with van der Waals surface area (Å²) in [6, 6.07) is 13.4. The lowest BCUT2D eigenvalue weighted by Gasteiger charge is -2.15. The zero-order valence-corrected chi connectivity index (χ0v) is 17.5. The van der Waals surface area contributed by atoms with Crippen molar-refractivity contribution in [3.05, 3.63) is 103 Å². The highest BCUT2D eigenvalue weighted by Crippen LogP contribution is 2.14. The molecule has 0 radical (unpaired) electrons. The van der Waals surface area contributed by atoms with Crippen LogP contribution in [-0.4, -0.2) is 21.8 Å². The summed E-state index contributed by atoms with van der Waals surface area (Å²) in [4.78, 5) is 53.6. The minimum atomic E-state index is -0.451. The van der Waals surface area contributed by atoms with Crippen LogP contribution in [0, 0.1) is 13.8 Å². The predicted molar refractivity (Wildman–Crippen MR) is 117 cm³/mol. The smallest absolute Gasteiger partial charge is 0.260 e. The molecule has 8 heteroatoms. The molecule has 31 heavy (non-hydrogen) atoms. The van der Waals surface area contributed by atoms with E-state index in [0.29, 0.717) is 11.4 Å². The SMILES string of the molecule is Cc1ccc(C(=O)NCc2ccc(C(C)NC(=O)c3ccc(C)[nH]c3=O)cc2)c(=O)[nH]1. The number of benzene rings is 1. The van der Waals surface area contributed by atoms with Gasteiger partial charge >= 0.3 is 0 Å². The van der Waals surface area contributed by atoms with Gasteiger partial charge in [-0.2, -0.15) is 0 Å². The Morgan fingerprint density at radius 2 is 1.32 bits per heavy atom. The Kier molecular flexibility index (Phi) is 6.49. The number of amides is 2. The van der Waals surface area contributed by atoms with Crippen molar-refractivity contribution in [1.82, 2.24) is 20.6 Å². The fourth-order valence-corrected chi connectivity index (χ4v) is 3.06. The molecule has 0 aliphatic heterocycles. The quantitative estimate of drug-likeness (QED) is 0.487. The topological polar surface area (TPSA) is 124 Å². The Hall–Kier alpha value is -3.94. The van der Waals surface area contributed by atoms with Crippen LogP contribution in [0.5, 0.6) is 0 Å². The van der Waals surface area contributed by atoms with E-state index < -0.39 is 22.9 Å². The van der Waals surface area contributed by atoms with Crippen LogP contribution in [0.25, 0.3) is 0 Å². The van der Waals surface area contributed by atoms with E-state index in [1.165, 1.54) is 12.1 Å². The molecule has 0 spiro atoms. The van der Waals surface area contributed by atoms with E-state index in [1.54, 1.807) is 26.0 Å². The van der Waals surface area contributed by atoms with Gasteiger partial charge in [-0.25, -0.2) is 0 Å². The Bertz CT molecular complexity index is 1230. The van der Waals surface area contributed by atoms with Crippen LogP contribution in [0.1, 0.15) is 56.2 Å². The maximum atomic E-state index is 12.4. The summed E-state index contributed by atoms with van der Waals surface area (Å²) in [7, 11) is 0. The molecule has 160 valence electrons. The molecule has 0 saturated heterocycles. The van der Waals surface area contributed by atoms with Crippen molar-refractivity contribution in [2.24, 2.45) is 0 Å². The summed E-state index contributed by atoms with van der Waals surface area (Å²) in [6.45, 7) is 5.56. The van der Waals surface area contributed by atoms with Crippen molar-refractivity contribution in [3.63, 3.8) is 0 Å². The van der Waals surface area contributed by atoms with Gasteiger partial charge in [0.15, 0.2) is 0 Å². The molecular formula is C23H24N4O4. The van der Waals surface area contributed by atoms with E-state index in [-0.39, 0.29) is 23.7 Å². The molecule has 0 aliphatic rings. The van der Waals surface area contributed by atoms with Gasteiger partial charge in [0.05, 0.1) is 6.04 Å². The highest BCUT2D eigenvalue weighted by atomic mass is 16.2. The minimum Gasteiger partial charge on any atom is -0.348 e. The molecule has 1 atom stereocenters. The van der Waals surface area contributed by atoms with Crippen molar-refractivity contribution in [2.75, 3.05) is 0 Å². The molecule has 2 heterocycles. The summed E-state index contributed by atoms with van der Waals surface area (Å²) in [6.07, 6.45) is 0. The number of hydrogen-bond donors (Lipinski definition) is 4.